The fourth-order valence-corrected chi connectivity index (χ4v) is 2.81. The Morgan fingerprint density at radius 2 is 1.89 bits per heavy atom. The minimum atomic E-state index is 0.601. The van der Waals surface area contributed by atoms with E-state index in [4.69, 9.17) is 9.47 Å². The van der Waals surface area contributed by atoms with Gasteiger partial charge in [-0.15, -0.1) is 0 Å². The van der Waals surface area contributed by atoms with E-state index in [0.717, 1.165) is 24.0 Å². The van der Waals surface area contributed by atoms with Crippen LogP contribution in [0, 0.1) is 5.92 Å². The Morgan fingerprint density at radius 3 is 2.58 bits per heavy atom. The van der Waals surface area contributed by atoms with Crippen LogP contribution in [-0.2, 0) is 0 Å². The summed E-state index contributed by atoms with van der Waals surface area (Å²) in [5.41, 5.74) is 0. The van der Waals surface area contributed by atoms with Crippen molar-refractivity contribution in [1.82, 2.24) is 5.32 Å². The molecule has 1 aliphatic carbocycles. The highest BCUT2D eigenvalue weighted by molar-refractivity contribution is 5.39. The summed E-state index contributed by atoms with van der Waals surface area (Å²) in [7, 11) is 1.67. The summed E-state index contributed by atoms with van der Waals surface area (Å²) in [4.78, 5) is 0. The van der Waals surface area contributed by atoms with E-state index in [1.165, 1.54) is 25.7 Å². The molecule has 0 aliphatic heterocycles. The molecule has 0 aromatic heterocycles. The van der Waals surface area contributed by atoms with Gasteiger partial charge < -0.3 is 14.8 Å². The number of hydrogen-bond acceptors (Lipinski definition) is 3. The topological polar surface area (TPSA) is 30.5 Å². The Bertz CT molecular complexity index is 375. The highest BCUT2D eigenvalue weighted by Crippen LogP contribution is 2.27. The predicted octanol–water partition coefficient (Wildman–Crippen LogP) is 3.24. The Hall–Kier alpha value is -1.22. The molecule has 1 aromatic rings. The van der Waals surface area contributed by atoms with Gasteiger partial charge in [0, 0.05) is 12.6 Å². The zero-order valence-electron chi connectivity index (χ0n) is 12.0. The summed E-state index contributed by atoms with van der Waals surface area (Å²) in [5, 5.41) is 3.57. The van der Waals surface area contributed by atoms with E-state index < -0.39 is 0 Å². The van der Waals surface area contributed by atoms with Crippen LogP contribution in [0.5, 0.6) is 11.5 Å². The molecule has 1 atom stereocenters. The molecule has 3 heteroatoms. The number of nitrogens with one attached hydrogen (secondary N) is 1. The van der Waals surface area contributed by atoms with Crippen molar-refractivity contribution in [3.05, 3.63) is 24.3 Å². The molecule has 3 nitrogen and oxygen atoms in total. The van der Waals surface area contributed by atoms with Crippen molar-refractivity contribution >= 4 is 0 Å². The predicted molar refractivity (Wildman–Crippen MR) is 77.9 cm³/mol. The van der Waals surface area contributed by atoms with Crippen LogP contribution >= 0.6 is 0 Å². The van der Waals surface area contributed by atoms with E-state index >= 15 is 0 Å². The Kier molecular flexibility index (Phi) is 5.52. The van der Waals surface area contributed by atoms with Crippen molar-refractivity contribution in [2.24, 2.45) is 5.92 Å². The number of hydrogen-bond donors (Lipinski definition) is 1. The summed E-state index contributed by atoms with van der Waals surface area (Å²) < 4.78 is 11.0. The van der Waals surface area contributed by atoms with Gasteiger partial charge in [-0.25, -0.2) is 0 Å². The zero-order chi connectivity index (χ0) is 13.5. The lowest BCUT2D eigenvalue weighted by atomic mass is 10.00. The molecule has 0 spiro atoms. The van der Waals surface area contributed by atoms with E-state index in [1.54, 1.807) is 7.11 Å². The Morgan fingerprint density at radius 1 is 1.21 bits per heavy atom. The maximum atomic E-state index is 5.75. The SMILES string of the molecule is COc1ccccc1OCCN[C@H](C)C1CCCC1. The Balaban J connectivity index is 1.68. The molecule has 0 amide bonds. The molecule has 0 bridgehead atoms. The standard InChI is InChI=1S/C16H25NO2/c1-13(14-7-3-4-8-14)17-11-12-19-16-10-6-5-9-15(16)18-2/h5-6,9-10,13-14,17H,3-4,7-8,11-12H2,1-2H3/t13-/m1/s1. The third-order valence-corrected chi connectivity index (χ3v) is 4.00. The van der Waals surface area contributed by atoms with Gasteiger partial charge in [0.2, 0.25) is 0 Å². The largest absolute Gasteiger partial charge is 0.493 e. The molecule has 2 rings (SSSR count). The van der Waals surface area contributed by atoms with E-state index in [2.05, 4.69) is 12.2 Å². The second kappa shape index (κ2) is 7.39. The number of benzene rings is 1. The first-order valence-corrected chi connectivity index (χ1v) is 7.30. The molecular weight excluding hydrogens is 238 g/mol. The number of methoxy groups -OCH3 is 1. The van der Waals surface area contributed by atoms with Crippen molar-refractivity contribution in [2.45, 2.75) is 38.6 Å². The van der Waals surface area contributed by atoms with Crippen LogP contribution in [-0.4, -0.2) is 26.3 Å². The van der Waals surface area contributed by atoms with Gasteiger partial charge in [0.1, 0.15) is 6.61 Å². The van der Waals surface area contributed by atoms with Crippen LogP contribution in [0.15, 0.2) is 24.3 Å². The number of rotatable bonds is 7. The molecule has 1 aromatic carbocycles. The van der Waals surface area contributed by atoms with Gasteiger partial charge in [0.25, 0.3) is 0 Å². The van der Waals surface area contributed by atoms with Crippen LogP contribution in [0.25, 0.3) is 0 Å². The van der Waals surface area contributed by atoms with Crippen LogP contribution in [0.1, 0.15) is 32.6 Å². The third-order valence-electron chi connectivity index (χ3n) is 4.00. The minimum absolute atomic E-state index is 0.601. The van der Waals surface area contributed by atoms with Crippen molar-refractivity contribution in [3.63, 3.8) is 0 Å². The quantitative estimate of drug-likeness (QED) is 0.766. The summed E-state index contributed by atoms with van der Waals surface area (Å²) in [6.07, 6.45) is 5.55. The van der Waals surface area contributed by atoms with Gasteiger partial charge in [-0.2, -0.15) is 0 Å². The summed E-state index contributed by atoms with van der Waals surface area (Å²) in [5.74, 6) is 2.47. The van der Waals surface area contributed by atoms with Gasteiger partial charge in [0.15, 0.2) is 11.5 Å². The molecule has 0 radical (unpaired) electrons. The van der Waals surface area contributed by atoms with Crippen LogP contribution in [0.4, 0.5) is 0 Å². The normalized spacial score (nSPS) is 17.4. The minimum Gasteiger partial charge on any atom is -0.493 e. The maximum absolute atomic E-state index is 5.75. The molecule has 0 saturated heterocycles. The van der Waals surface area contributed by atoms with Gasteiger partial charge >= 0.3 is 0 Å². The van der Waals surface area contributed by atoms with Crippen LogP contribution in [0.3, 0.4) is 0 Å². The molecule has 19 heavy (non-hydrogen) atoms. The molecule has 0 heterocycles. The summed E-state index contributed by atoms with van der Waals surface area (Å²) in [6, 6.07) is 8.38. The molecule has 1 aliphatic rings. The smallest absolute Gasteiger partial charge is 0.161 e. The molecule has 1 N–H and O–H groups in total. The van der Waals surface area contributed by atoms with Crippen molar-refractivity contribution in [2.75, 3.05) is 20.3 Å². The Labute approximate surface area is 116 Å². The van der Waals surface area contributed by atoms with E-state index in [-0.39, 0.29) is 0 Å². The van der Waals surface area contributed by atoms with E-state index in [1.807, 2.05) is 24.3 Å². The average Bonchev–Trinajstić information content (AvgIpc) is 2.98. The number of para-hydroxylation sites is 2. The lowest BCUT2D eigenvalue weighted by Crippen LogP contribution is -2.35. The van der Waals surface area contributed by atoms with Gasteiger partial charge in [-0.05, 0) is 37.8 Å². The molecular formula is C16H25NO2. The molecule has 0 unspecified atom stereocenters. The second-order valence-electron chi connectivity index (χ2n) is 5.29. The van der Waals surface area contributed by atoms with E-state index in [9.17, 15) is 0 Å². The highest BCUT2D eigenvalue weighted by atomic mass is 16.5. The summed E-state index contributed by atoms with van der Waals surface area (Å²) >= 11 is 0. The first-order valence-electron chi connectivity index (χ1n) is 7.30. The van der Waals surface area contributed by atoms with Crippen molar-refractivity contribution < 1.29 is 9.47 Å². The third kappa shape index (κ3) is 4.13. The van der Waals surface area contributed by atoms with Crippen molar-refractivity contribution in [1.29, 1.82) is 0 Å². The van der Waals surface area contributed by atoms with E-state index in [0.29, 0.717) is 12.6 Å². The molecule has 1 saturated carbocycles. The van der Waals surface area contributed by atoms with Crippen LogP contribution < -0.4 is 14.8 Å². The summed E-state index contributed by atoms with van der Waals surface area (Å²) in [6.45, 7) is 3.85. The van der Waals surface area contributed by atoms with Gasteiger partial charge in [0.05, 0.1) is 7.11 Å². The van der Waals surface area contributed by atoms with Crippen molar-refractivity contribution in [3.8, 4) is 11.5 Å². The maximum Gasteiger partial charge on any atom is 0.161 e. The monoisotopic (exact) mass is 263 g/mol. The van der Waals surface area contributed by atoms with Crippen LogP contribution in [0.2, 0.25) is 0 Å². The van der Waals surface area contributed by atoms with Gasteiger partial charge in [-0.1, -0.05) is 25.0 Å². The fourth-order valence-electron chi connectivity index (χ4n) is 2.81. The average molecular weight is 263 g/mol. The first-order chi connectivity index (χ1) is 9.31. The lowest BCUT2D eigenvalue weighted by Gasteiger charge is -2.20. The number of ether oxygens (including phenoxy) is 2. The van der Waals surface area contributed by atoms with Gasteiger partial charge in [-0.3, -0.25) is 0 Å². The fraction of sp³-hybridized carbons (Fsp3) is 0.625. The second-order valence-corrected chi connectivity index (χ2v) is 5.29. The lowest BCUT2D eigenvalue weighted by molar-refractivity contribution is 0.276. The molecule has 1 fully saturated rings. The first kappa shape index (κ1) is 14.2. The molecule has 106 valence electrons. The zero-order valence-corrected chi connectivity index (χ0v) is 12.0. The highest BCUT2D eigenvalue weighted by Gasteiger charge is 2.20.